The highest BCUT2D eigenvalue weighted by Crippen LogP contribution is 1.87. The molecule has 0 aliphatic heterocycles. The first-order valence-electron chi connectivity index (χ1n) is 2.39. The Bertz CT molecular complexity index is 74.8. The fourth-order valence-corrected chi connectivity index (χ4v) is 0.283. The Morgan fingerprint density at radius 3 is 2.38 bits per heavy atom. The van der Waals surface area contributed by atoms with Crippen LogP contribution >= 0.6 is 0 Å². The second-order valence-corrected chi connectivity index (χ2v) is 1.57. The van der Waals surface area contributed by atoms with Crippen molar-refractivity contribution in [1.82, 2.24) is 0 Å². The van der Waals surface area contributed by atoms with Gasteiger partial charge in [-0.15, -0.1) is 6.58 Å². The van der Waals surface area contributed by atoms with E-state index in [1.54, 1.807) is 0 Å². The maximum absolute atomic E-state index is 8.72. The number of hydrogen-bond acceptors (Lipinski definition) is 3. The molecule has 0 heterocycles. The van der Waals surface area contributed by atoms with E-state index in [-0.39, 0.29) is 6.61 Å². The SMILES string of the molecule is C=CC(O)C(N)CO. The molecule has 0 aromatic carbocycles. The van der Waals surface area contributed by atoms with E-state index < -0.39 is 12.1 Å². The van der Waals surface area contributed by atoms with E-state index in [1.165, 1.54) is 6.08 Å². The summed E-state index contributed by atoms with van der Waals surface area (Å²) in [5.41, 5.74) is 5.16. The van der Waals surface area contributed by atoms with Crippen molar-refractivity contribution < 1.29 is 10.2 Å². The second kappa shape index (κ2) is 3.60. The minimum absolute atomic E-state index is 0.215. The summed E-state index contributed by atoms with van der Waals surface area (Å²) in [7, 11) is 0. The van der Waals surface area contributed by atoms with E-state index in [4.69, 9.17) is 15.9 Å². The predicted octanol–water partition coefficient (Wildman–Crippen LogP) is -1.15. The summed E-state index contributed by atoms with van der Waals surface area (Å²) in [6.07, 6.45) is 0.501. The molecule has 48 valence electrons. The van der Waals surface area contributed by atoms with Crippen LogP contribution in [0.3, 0.4) is 0 Å². The minimum Gasteiger partial charge on any atom is -0.395 e. The van der Waals surface area contributed by atoms with Gasteiger partial charge in [-0.3, -0.25) is 0 Å². The maximum Gasteiger partial charge on any atom is 0.0891 e. The molecule has 0 saturated carbocycles. The lowest BCUT2D eigenvalue weighted by atomic mass is 10.2. The molecule has 0 fully saturated rings. The quantitative estimate of drug-likeness (QED) is 0.409. The molecule has 0 radical (unpaired) electrons. The van der Waals surface area contributed by atoms with Gasteiger partial charge in [0.2, 0.25) is 0 Å². The zero-order chi connectivity index (χ0) is 6.57. The molecular weight excluding hydrogens is 106 g/mol. The molecule has 8 heavy (non-hydrogen) atoms. The number of nitrogens with two attached hydrogens (primary N) is 1. The van der Waals surface area contributed by atoms with Crippen LogP contribution in [0, 0.1) is 0 Å². The number of hydrogen-bond donors (Lipinski definition) is 3. The third-order valence-electron chi connectivity index (χ3n) is 0.891. The molecule has 0 bridgehead atoms. The van der Waals surface area contributed by atoms with E-state index in [1.807, 2.05) is 0 Å². The van der Waals surface area contributed by atoms with Gasteiger partial charge < -0.3 is 15.9 Å². The Morgan fingerprint density at radius 1 is 1.75 bits per heavy atom. The first-order valence-corrected chi connectivity index (χ1v) is 2.39. The normalized spacial score (nSPS) is 17.4. The highest BCUT2D eigenvalue weighted by molar-refractivity contribution is 4.86. The van der Waals surface area contributed by atoms with Crippen molar-refractivity contribution in [3.8, 4) is 0 Å². The van der Waals surface area contributed by atoms with Crippen LogP contribution in [-0.2, 0) is 0 Å². The van der Waals surface area contributed by atoms with Crippen molar-refractivity contribution in [3.05, 3.63) is 12.7 Å². The summed E-state index contributed by atoms with van der Waals surface area (Å²) < 4.78 is 0. The number of rotatable bonds is 3. The summed E-state index contributed by atoms with van der Waals surface area (Å²) in [5, 5.41) is 17.0. The molecule has 4 N–H and O–H groups in total. The zero-order valence-corrected chi connectivity index (χ0v) is 4.62. The van der Waals surface area contributed by atoms with Crippen molar-refractivity contribution in [2.24, 2.45) is 5.73 Å². The van der Waals surface area contributed by atoms with Crippen molar-refractivity contribution in [1.29, 1.82) is 0 Å². The summed E-state index contributed by atoms with van der Waals surface area (Å²) >= 11 is 0. The van der Waals surface area contributed by atoms with Crippen molar-refractivity contribution in [2.75, 3.05) is 6.61 Å². The first kappa shape index (κ1) is 7.62. The lowest BCUT2D eigenvalue weighted by molar-refractivity contribution is 0.144. The average Bonchev–Trinajstić information content (AvgIpc) is 1.84. The fourth-order valence-electron chi connectivity index (χ4n) is 0.283. The van der Waals surface area contributed by atoms with Crippen LogP contribution in [0.4, 0.5) is 0 Å². The smallest absolute Gasteiger partial charge is 0.0891 e. The molecule has 0 aliphatic carbocycles. The van der Waals surface area contributed by atoms with E-state index >= 15 is 0 Å². The fraction of sp³-hybridized carbons (Fsp3) is 0.600. The highest BCUT2D eigenvalue weighted by atomic mass is 16.3. The maximum atomic E-state index is 8.72. The van der Waals surface area contributed by atoms with Crippen molar-refractivity contribution >= 4 is 0 Å². The molecule has 0 aliphatic rings. The van der Waals surface area contributed by atoms with Gasteiger partial charge in [0, 0.05) is 0 Å². The van der Waals surface area contributed by atoms with Crippen LogP contribution in [0.5, 0.6) is 0 Å². The topological polar surface area (TPSA) is 66.5 Å². The van der Waals surface area contributed by atoms with Crippen LogP contribution < -0.4 is 5.73 Å². The van der Waals surface area contributed by atoms with Gasteiger partial charge in [0.25, 0.3) is 0 Å². The largest absolute Gasteiger partial charge is 0.395 e. The molecule has 3 heteroatoms. The third kappa shape index (κ3) is 2.07. The number of aliphatic hydroxyl groups is 2. The molecule has 0 amide bonds. The molecule has 0 spiro atoms. The van der Waals surface area contributed by atoms with Gasteiger partial charge in [-0.25, -0.2) is 0 Å². The van der Waals surface area contributed by atoms with Crippen LogP contribution in [0.2, 0.25) is 0 Å². The van der Waals surface area contributed by atoms with Crippen LogP contribution in [0.25, 0.3) is 0 Å². The van der Waals surface area contributed by atoms with Crippen LogP contribution in [-0.4, -0.2) is 29.0 Å². The Hall–Kier alpha value is -0.380. The molecule has 3 nitrogen and oxygen atoms in total. The summed E-state index contributed by atoms with van der Waals surface area (Å²) in [6.45, 7) is 3.07. The third-order valence-corrected chi connectivity index (χ3v) is 0.891. The van der Waals surface area contributed by atoms with Gasteiger partial charge in [-0.2, -0.15) is 0 Å². The minimum atomic E-state index is -0.792. The lowest BCUT2D eigenvalue weighted by Crippen LogP contribution is -2.36. The summed E-state index contributed by atoms with van der Waals surface area (Å²) in [5.74, 6) is 0. The molecular formula is C5H11NO2. The Kier molecular flexibility index (Phi) is 3.43. The van der Waals surface area contributed by atoms with Crippen LogP contribution in [0.15, 0.2) is 12.7 Å². The van der Waals surface area contributed by atoms with Crippen molar-refractivity contribution in [3.63, 3.8) is 0 Å². The lowest BCUT2D eigenvalue weighted by Gasteiger charge is -2.10. The molecule has 2 unspecified atom stereocenters. The Morgan fingerprint density at radius 2 is 2.25 bits per heavy atom. The summed E-state index contributed by atoms with van der Waals surface area (Å²) in [4.78, 5) is 0. The molecule has 0 aromatic rings. The van der Waals surface area contributed by atoms with Gasteiger partial charge in [-0.05, 0) is 0 Å². The van der Waals surface area contributed by atoms with Gasteiger partial charge in [0.15, 0.2) is 0 Å². The van der Waals surface area contributed by atoms with E-state index in [0.717, 1.165) is 0 Å². The zero-order valence-electron chi connectivity index (χ0n) is 4.62. The second-order valence-electron chi connectivity index (χ2n) is 1.57. The molecule has 0 saturated heterocycles. The molecule has 0 rings (SSSR count). The Labute approximate surface area is 48.4 Å². The van der Waals surface area contributed by atoms with Crippen LogP contribution in [0.1, 0.15) is 0 Å². The van der Waals surface area contributed by atoms with E-state index in [2.05, 4.69) is 6.58 Å². The Balaban J connectivity index is 3.44. The standard InChI is InChI=1S/C5H11NO2/c1-2-5(8)4(6)3-7/h2,4-5,7-8H,1,3,6H2. The molecule has 2 atom stereocenters. The van der Waals surface area contributed by atoms with Gasteiger partial charge in [-0.1, -0.05) is 6.08 Å². The number of aliphatic hydroxyl groups excluding tert-OH is 2. The van der Waals surface area contributed by atoms with Gasteiger partial charge in [0.1, 0.15) is 0 Å². The van der Waals surface area contributed by atoms with E-state index in [0.29, 0.717) is 0 Å². The predicted molar refractivity (Wildman–Crippen MR) is 31.3 cm³/mol. The van der Waals surface area contributed by atoms with Crippen molar-refractivity contribution in [2.45, 2.75) is 12.1 Å². The van der Waals surface area contributed by atoms with Gasteiger partial charge >= 0.3 is 0 Å². The summed E-state index contributed by atoms with van der Waals surface area (Å²) in [6, 6.07) is -0.590. The highest BCUT2D eigenvalue weighted by Gasteiger charge is 2.07. The average molecular weight is 117 g/mol. The molecule has 0 aromatic heterocycles. The van der Waals surface area contributed by atoms with E-state index in [9.17, 15) is 0 Å². The first-order chi connectivity index (χ1) is 3.72. The van der Waals surface area contributed by atoms with Gasteiger partial charge in [0.05, 0.1) is 18.8 Å². The monoisotopic (exact) mass is 117 g/mol.